The summed E-state index contributed by atoms with van der Waals surface area (Å²) < 4.78 is 15.8. The first-order valence-electron chi connectivity index (χ1n) is 6.12. The highest BCUT2D eigenvalue weighted by molar-refractivity contribution is 4.93. The van der Waals surface area contributed by atoms with Crippen LogP contribution >= 0.6 is 0 Å². The van der Waals surface area contributed by atoms with Crippen LogP contribution in [0.5, 0.6) is 0 Å². The molecule has 1 fully saturated rings. The van der Waals surface area contributed by atoms with Crippen molar-refractivity contribution in [2.75, 3.05) is 26.9 Å². The van der Waals surface area contributed by atoms with Gasteiger partial charge in [-0.15, -0.1) is 0 Å². The second-order valence-corrected chi connectivity index (χ2v) is 4.24. The Balaban J connectivity index is 1.60. The number of hydrogen-bond donors (Lipinski definition) is 1. The van der Waals surface area contributed by atoms with Crippen LogP contribution in [-0.4, -0.2) is 37.9 Å². The topological polar surface area (TPSA) is 56.5 Å². The maximum atomic E-state index is 5.55. The van der Waals surface area contributed by atoms with E-state index in [4.69, 9.17) is 13.9 Å². The van der Waals surface area contributed by atoms with E-state index in [0.717, 1.165) is 30.7 Å². The van der Waals surface area contributed by atoms with Gasteiger partial charge in [-0.05, 0) is 12.8 Å². The third kappa shape index (κ3) is 4.85. The van der Waals surface area contributed by atoms with Gasteiger partial charge >= 0.3 is 0 Å². The summed E-state index contributed by atoms with van der Waals surface area (Å²) in [5.74, 6) is 1.56. The minimum Gasteiger partial charge on any atom is -0.443 e. The molecule has 5 heteroatoms. The molecule has 0 aliphatic heterocycles. The Morgan fingerprint density at radius 3 is 3.12 bits per heavy atom. The molecule has 0 spiro atoms. The zero-order chi connectivity index (χ0) is 11.9. The molecular formula is C12H20N2O3. The fourth-order valence-electron chi connectivity index (χ4n) is 1.52. The second kappa shape index (κ2) is 6.74. The van der Waals surface area contributed by atoms with Crippen LogP contribution in [0.1, 0.15) is 24.5 Å². The molecule has 1 aromatic heterocycles. The molecule has 5 nitrogen and oxygen atoms in total. The van der Waals surface area contributed by atoms with Gasteiger partial charge in [0.15, 0.2) is 5.89 Å². The molecule has 0 saturated heterocycles. The van der Waals surface area contributed by atoms with Gasteiger partial charge in [-0.3, -0.25) is 0 Å². The van der Waals surface area contributed by atoms with Crippen LogP contribution in [0.3, 0.4) is 0 Å². The Bertz CT molecular complexity index is 323. The van der Waals surface area contributed by atoms with Crippen LogP contribution in [0.2, 0.25) is 0 Å². The number of aromatic nitrogens is 1. The summed E-state index contributed by atoms with van der Waals surface area (Å²) in [4.78, 5) is 4.21. The number of oxazole rings is 1. The van der Waals surface area contributed by atoms with Gasteiger partial charge in [-0.1, -0.05) is 0 Å². The number of rotatable bonds is 9. The largest absolute Gasteiger partial charge is 0.443 e. The zero-order valence-corrected chi connectivity index (χ0v) is 10.3. The molecule has 0 bridgehead atoms. The van der Waals surface area contributed by atoms with Crippen molar-refractivity contribution in [3.05, 3.63) is 17.8 Å². The molecule has 1 aliphatic carbocycles. The minimum atomic E-state index is 0.465. The molecule has 2 rings (SSSR count). The lowest BCUT2D eigenvalue weighted by Gasteiger charge is -2.00. The predicted octanol–water partition coefficient (Wildman–Crippen LogP) is 1.13. The van der Waals surface area contributed by atoms with Gasteiger partial charge in [0, 0.05) is 26.1 Å². The second-order valence-electron chi connectivity index (χ2n) is 4.24. The monoisotopic (exact) mass is 240 g/mol. The first-order valence-corrected chi connectivity index (χ1v) is 6.12. The molecule has 0 radical (unpaired) electrons. The van der Waals surface area contributed by atoms with Crippen molar-refractivity contribution in [3.63, 3.8) is 0 Å². The minimum absolute atomic E-state index is 0.465. The summed E-state index contributed by atoms with van der Waals surface area (Å²) in [6.45, 7) is 2.59. The van der Waals surface area contributed by atoms with Gasteiger partial charge in [0.1, 0.15) is 12.4 Å². The molecule has 1 saturated carbocycles. The molecule has 96 valence electrons. The molecule has 1 heterocycles. The maximum absolute atomic E-state index is 5.55. The van der Waals surface area contributed by atoms with Crippen molar-refractivity contribution in [1.29, 1.82) is 0 Å². The van der Waals surface area contributed by atoms with Gasteiger partial charge in [0.05, 0.1) is 19.4 Å². The first-order chi connectivity index (χ1) is 8.38. The Morgan fingerprint density at radius 2 is 2.35 bits per heavy atom. The van der Waals surface area contributed by atoms with E-state index < -0.39 is 0 Å². The number of ether oxygens (including phenoxy) is 2. The third-order valence-corrected chi connectivity index (χ3v) is 2.63. The van der Waals surface area contributed by atoms with Gasteiger partial charge in [0.2, 0.25) is 0 Å². The Kier molecular flexibility index (Phi) is 4.97. The molecule has 1 N–H and O–H groups in total. The molecule has 1 aliphatic rings. The van der Waals surface area contributed by atoms with Crippen LogP contribution < -0.4 is 5.32 Å². The third-order valence-electron chi connectivity index (χ3n) is 2.63. The molecule has 0 amide bonds. The SMILES string of the molecule is COCCOCc1cnc(CCNC2CC2)o1. The van der Waals surface area contributed by atoms with E-state index in [1.165, 1.54) is 12.8 Å². The van der Waals surface area contributed by atoms with Crippen LogP contribution in [0, 0.1) is 0 Å². The number of methoxy groups -OCH3 is 1. The normalized spacial score (nSPS) is 15.4. The van der Waals surface area contributed by atoms with Crippen molar-refractivity contribution in [3.8, 4) is 0 Å². The Morgan fingerprint density at radius 1 is 1.47 bits per heavy atom. The molecule has 1 aromatic rings. The Hall–Kier alpha value is -0.910. The molecule has 0 unspecified atom stereocenters. The quantitative estimate of drug-likeness (QED) is 0.656. The van der Waals surface area contributed by atoms with Gasteiger partial charge in [-0.2, -0.15) is 0 Å². The van der Waals surface area contributed by atoms with E-state index in [0.29, 0.717) is 19.8 Å². The fourth-order valence-corrected chi connectivity index (χ4v) is 1.52. The molecule has 0 aromatic carbocycles. The van der Waals surface area contributed by atoms with E-state index in [9.17, 15) is 0 Å². The summed E-state index contributed by atoms with van der Waals surface area (Å²) >= 11 is 0. The standard InChI is InChI=1S/C12H20N2O3/c1-15-6-7-16-9-11-8-14-12(17-11)4-5-13-10-2-3-10/h8,10,13H,2-7,9H2,1H3. The molecule has 17 heavy (non-hydrogen) atoms. The molecular weight excluding hydrogens is 220 g/mol. The first kappa shape index (κ1) is 12.5. The summed E-state index contributed by atoms with van der Waals surface area (Å²) in [6, 6.07) is 0.738. The van der Waals surface area contributed by atoms with Gasteiger partial charge < -0.3 is 19.2 Å². The summed E-state index contributed by atoms with van der Waals surface area (Å²) in [6.07, 6.45) is 5.20. The molecule has 0 atom stereocenters. The average molecular weight is 240 g/mol. The van der Waals surface area contributed by atoms with Crippen LogP contribution in [-0.2, 0) is 22.5 Å². The number of hydrogen-bond acceptors (Lipinski definition) is 5. The van der Waals surface area contributed by atoms with Crippen LogP contribution in [0.15, 0.2) is 10.6 Å². The van der Waals surface area contributed by atoms with E-state index in [1.54, 1.807) is 13.3 Å². The van der Waals surface area contributed by atoms with Crippen LogP contribution in [0.4, 0.5) is 0 Å². The van der Waals surface area contributed by atoms with Crippen molar-refractivity contribution in [1.82, 2.24) is 10.3 Å². The highest BCUT2D eigenvalue weighted by Gasteiger charge is 2.19. The number of nitrogens with zero attached hydrogens (tertiary/aromatic N) is 1. The smallest absolute Gasteiger partial charge is 0.195 e. The van der Waals surface area contributed by atoms with Crippen molar-refractivity contribution < 1.29 is 13.9 Å². The summed E-state index contributed by atoms with van der Waals surface area (Å²) in [7, 11) is 1.66. The van der Waals surface area contributed by atoms with E-state index in [-0.39, 0.29) is 0 Å². The highest BCUT2D eigenvalue weighted by Crippen LogP contribution is 2.18. The summed E-state index contributed by atoms with van der Waals surface area (Å²) in [5.41, 5.74) is 0. The zero-order valence-electron chi connectivity index (χ0n) is 10.3. The van der Waals surface area contributed by atoms with Crippen molar-refractivity contribution >= 4 is 0 Å². The number of nitrogens with one attached hydrogen (secondary N) is 1. The Labute approximate surface area is 102 Å². The van der Waals surface area contributed by atoms with E-state index >= 15 is 0 Å². The van der Waals surface area contributed by atoms with Crippen molar-refractivity contribution in [2.24, 2.45) is 0 Å². The average Bonchev–Trinajstić information content (AvgIpc) is 3.04. The van der Waals surface area contributed by atoms with E-state index in [2.05, 4.69) is 10.3 Å². The van der Waals surface area contributed by atoms with Gasteiger partial charge in [0.25, 0.3) is 0 Å². The summed E-state index contributed by atoms with van der Waals surface area (Å²) in [5, 5.41) is 3.43. The van der Waals surface area contributed by atoms with E-state index in [1.807, 2.05) is 0 Å². The van der Waals surface area contributed by atoms with Crippen LogP contribution in [0.25, 0.3) is 0 Å². The predicted molar refractivity (Wildman–Crippen MR) is 62.8 cm³/mol. The van der Waals surface area contributed by atoms with Gasteiger partial charge in [-0.25, -0.2) is 4.98 Å². The lowest BCUT2D eigenvalue weighted by Crippen LogP contribution is -2.19. The van der Waals surface area contributed by atoms with Crippen molar-refractivity contribution in [2.45, 2.75) is 31.9 Å². The highest BCUT2D eigenvalue weighted by atomic mass is 16.5. The maximum Gasteiger partial charge on any atom is 0.195 e. The fraction of sp³-hybridized carbons (Fsp3) is 0.750. The lowest BCUT2D eigenvalue weighted by molar-refractivity contribution is 0.0534. The lowest BCUT2D eigenvalue weighted by atomic mass is 10.4.